The van der Waals surface area contributed by atoms with Gasteiger partial charge in [-0.05, 0) is 39.5 Å². The van der Waals surface area contributed by atoms with Crippen molar-refractivity contribution in [1.82, 2.24) is 4.98 Å². The lowest BCUT2D eigenvalue weighted by Crippen LogP contribution is -2.20. The van der Waals surface area contributed by atoms with Gasteiger partial charge in [-0.15, -0.1) is 11.3 Å². The molecule has 1 aliphatic carbocycles. The Morgan fingerprint density at radius 3 is 3.05 bits per heavy atom. The molecule has 0 spiro atoms. The van der Waals surface area contributed by atoms with Crippen molar-refractivity contribution in [2.45, 2.75) is 45.4 Å². The number of carbonyl (C=O) groups excluding carboxylic acids is 1. The Kier molecular flexibility index (Phi) is 6.45. The quantitative estimate of drug-likeness (QED) is 0.591. The summed E-state index contributed by atoms with van der Waals surface area (Å²) in [5, 5.41) is 4.24. The third-order valence-electron chi connectivity index (χ3n) is 3.47. The minimum absolute atomic E-state index is 0.133. The Bertz CT molecular complexity index is 462. The molecule has 0 bridgehead atoms. The fourth-order valence-electron chi connectivity index (χ4n) is 2.48. The molecular formula is C15H24N2O3S. The molecule has 6 heteroatoms. The van der Waals surface area contributed by atoms with Crippen LogP contribution in [0.5, 0.6) is 0 Å². The van der Waals surface area contributed by atoms with E-state index in [1.165, 1.54) is 4.88 Å². The lowest BCUT2D eigenvalue weighted by atomic mass is 9.91. The van der Waals surface area contributed by atoms with Crippen molar-refractivity contribution in [3.63, 3.8) is 0 Å². The number of aromatic nitrogens is 1. The highest BCUT2D eigenvalue weighted by molar-refractivity contribution is 7.15. The number of rotatable bonds is 8. The normalized spacial score (nSPS) is 17.3. The number of anilines is 1. The maximum atomic E-state index is 12.0. The van der Waals surface area contributed by atoms with Crippen molar-refractivity contribution in [1.29, 1.82) is 0 Å². The molecule has 1 aromatic rings. The predicted molar refractivity (Wildman–Crippen MR) is 84.0 cm³/mol. The van der Waals surface area contributed by atoms with Crippen LogP contribution in [0.1, 0.15) is 49.6 Å². The zero-order valence-electron chi connectivity index (χ0n) is 12.8. The molecule has 1 aliphatic rings. The summed E-state index contributed by atoms with van der Waals surface area (Å²) in [6.07, 6.45) is 3.85. The Morgan fingerprint density at radius 2 is 2.29 bits per heavy atom. The number of hydrogen-bond acceptors (Lipinski definition) is 6. The summed E-state index contributed by atoms with van der Waals surface area (Å²) in [7, 11) is 0. The molecule has 0 radical (unpaired) electrons. The Hall–Kier alpha value is -1.14. The summed E-state index contributed by atoms with van der Waals surface area (Å²) in [6.45, 7) is 6.63. The topological polar surface area (TPSA) is 60.5 Å². The van der Waals surface area contributed by atoms with Crippen LogP contribution in [0.15, 0.2) is 0 Å². The molecule has 5 nitrogen and oxygen atoms in total. The first-order valence-corrected chi connectivity index (χ1v) is 8.55. The summed E-state index contributed by atoms with van der Waals surface area (Å²) in [4.78, 5) is 17.9. The van der Waals surface area contributed by atoms with Gasteiger partial charge in [-0.2, -0.15) is 0 Å². The molecule has 1 N–H and O–H groups in total. The second-order valence-electron chi connectivity index (χ2n) is 5.00. The number of carbonyl (C=O) groups is 1. The first-order chi connectivity index (χ1) is 10.3. The number of fused-ring (bicyclic) bond motifs is 1. The van der Waals surface area contributed by atoms with E-state index in [-0.39, 0.29) is 11.9 Å². The molecule has 21 heavy (non-hydrogen) atoms. The summed E-state index contributed by atoms with van der Waals surface area (Å²) >= 11 is 1.67. The van der Waals surface area contributed by atoms with E-state index in [4.69, 9.17) is 9.47 Å². The second kappa shape index (κ2) is 8.34. The van der Waals surface area contributed by atoms with Crippen molar-refractivity contribution < 1.29 is 14.3 Å². The highest BCUT2D eigenvalue weighted by Crippen LogP contribution is 2.37. The van der Waals surface area contributed by atoms with Crippen LogP contribution < -0.4 is 5.32 Å². The first kappa shape index (κ1) is 16.2. The van der Waals surface area contributed by atoms with Crippen LogP contribution in [-0.4, -0.2) is 37.3 Å². The first-order valence-electron chi connectivity index (χ1n) is 7.74. The van der Waals surface area contributed by atoms with Crippen molar-refractivity contribution in [2.75, 3.05) is 31.7 Å². The number of esters is 1. The molecule has 0 fully saturated rings. The summed E-state index contributed by atoms with van der Waals surface area (Å²) in [5.74, 6) is -0.310. The smallest absolute Gasteiger partial charge is 0.315 e. The van der Waals surface area contributed by atoms with Crippen LogP contribution in [0.4, 0.5) is 5.13 Å². The average Bonchev–Trinajstić information content (AvgIpc) is 2.89. The van der Waals surface area contributed by atoms with Gasteiger partial charge < -0.3 is 14.8 Å². The molecule has 0 saturated carbocycles. The van der Waals surface area contributed by atoms with Gasteiger partial charge in [-0.25, -0.2) is 4.98 Å². The molecule has 1 atom stereocenters. The second-order valence-corrected chi connectivity index (χ2v) is 6.09. The number of nitrogens with zero attached hydrogens (tertiary/aromatic N) is 1. The zero-order chi connectivity index (χ0) is 15.1. The molecule has 0 amide bonds. The number of thiazole rings is 1. The third-order valence-corrected chi connectivity index (χ3v) is 4.56. The van der Waals surface area contributed by atoms with E-state index in [0.717, 1.165) is 56.3 Å². The maximum absolute atomic E-state index is 12.0. The van der Waals surface area contributed by atoms with Crippen LogP contribution in [-0.2, 0) is 20.7 Å². The molecule has 2 rings (SSSR count). The molecule has 0 aliphatic heterocycles. The van der Waals surface area contributed by atoms with Crippen LogP contribution in [0.2, 0.25) is 0 Å². The monoisotopic (exact) mass is 312 g/mol. The maximum Gasteiger partial charge on any atom is 0.315 e. The van der Waals surface area contributed by atoms with Crippen LogP contribution in [0, 0.1) is 0 Å². The van der Waals surface area contributed by atoms with Crippen LogP contribution >= 0.6 is 11.3 Å². The SMILES string of the molecule is CCOCCCNc1nc2c(s1)CCCC2C(=O)OCC. The van der Waals surface area contributed by atoms with Gasteiger partial charge in [-0.3, -0.25) is 4.79 Å². The fourth-order valence-corrected chi connectivity index (χ4v) is 3.57. The molecule has 1 unspecified atom stereocenters. The number of aryl methyl sites for hydroxylation is 1. The molecule has 0 aromatic carbocycles. The highest BCUT2D eigenvalue weighted by Gasteiger charge is 2.31. The van der Waals surface area contributed by atoms with Gasteiger partial charge in [0.25, 0.3) is 0 Å². The van der Waals surface area contributed by atoms with E-state index in [2.05, 4.69) is 10.3 Å². The highest BCUT2D eigenvalue weighted by atomic mass is 32.1. The van der Waals surface area contributed by atoms with Gasteiger partial charge in [0.15, 0.2) is 5.13 Å². The number of ether oxygens (including phenoxy) is 2. The molecule has 1 aromatic heterocycles. The predicted octanol–water partition coefficient (Wildman–Crippen LogP) is 2.96. The van der Waals surface area contributed by atoms with Crippen molar-refractivity contribution in [2.24, 2.45) is 0 Å². The van der Waals surface area contributed by atoms with Gasteiger partial charge >= 0.3 is 5.97 Å². The summed E-state index contributed by atoms with van der Waals surface area (Å²) in [5.41, 5.74) is 0.928. The van der Waals surface area contributed by atoms with Gasteiger partial charge in [0, 0.05) is 24.6 Å². The molecule has 118 valence electrons. The molecule has 1 heterocycles. The minimum Gasteiger partial charge on any atom is -0.465 e. The Balaban J connectivity index is 1.93. The van der Waals surface area contributed by atoms with Gasteiger partial charge in [-0.1, -0.05) is 0 Å². The Labute approximate surface area is 130 Å². The lowest BCUT2D eigenvalue weighted by Gasteiger charge is -2.19. The van der Waals surface area contributed by atoms with E-state index < -0.39 is 0 Å². The third kappa shape index (κ3) is 4.41. The lowest BCUT2D eigenvalue weighted by molar-refractivity contribution is -0.145. The number of hydrogen-bond donors (Lipinski definition) is 1. The number of nitrogens with one attached hydrogen (secondary N) is 1. The fraction of sp³-hybridized carbons (Fsp3) is 0.733. The van der Waals surface area contributed by atoms with Crippen LogP contribution in [0.25, 0.3) is 0 Å². The van der Waals surface area contributed by atoms with Crippen molar-refractivity contribution in [3.8, 4) is 0 Å². The van der Waals surface area contributed by atoms with Crippen LogP contribution in [0.3, 0.4) is 0 Å². The molecular weight excluding hydrogens is 288 g/mol. The van der Waals surface area contributed by atoms with E-state index in [9.17, 15) is 4.79 Å². The van der Waals surface area contributed by atoms with E-state index in [0.29, 0.717) is 6.61 Å². The standard InChI is InChI=1S/C15H24N2O3S/c1-3-19-10-6-9-16-15-17-13-11(14(18)20-4-2)7-5-8-12(13)21-15/h11H,3-10H2,1-2H3,(H,16,17). The van der Waals surface area contributed by atoms with Gasteiger partial charge in [0.2, 0.25) is 0 Å². The zero-order valence-corrected chi connectivity index (χ0v) is 13.6. The van der Waals surface area contributed by atoms with E-state index in [1.54, 1.807) is 11.3 Å². The van der Waals surface area contributed by atoms with Gasteiger partial charge in [0.05, 0.1) is 12.3 Å². The summed E-state index contributed by atoms with van der Waals surface area (Å²) in [6, 6.07) is 0. The van der Waals surface area contributed by atoms with Gasteiger partial charge in [0.1, 0.15) is 5.92 Å². The Morgan fingerprint density at radius 1 is 1.43 bits per heavy atom. The van der Waals surface area contributed by atoms with Crippen molar-refractivity contribution in [3.05, 3.63) is 10.6 Å². The molecule has 0 saturated heterocycles. The average molecular weight is 312 g/mol. The van der Waals surface area contributed by atoms with E-state index >= 15 is 0 Å². The minimum atomic E-state index is -0.177. The largest absolute Gasteiger partial charge is 0.465 e. The van der Waals surface area contributed by atoms with E-state index in [1.807, 2.05) is 13.8 Å². The van der Waals surface area contributed by atoms with Crippen molar-refractivity contribution >= 4 is 22.4 Å². The summed E-state index contributed by atoms with van der Waals surface area (Å²) < 4.78 is 10.5.